The van der Waals surface area contributed by atoms with E-state index in [9.17, 15) is 19.2 Å². The highest BCUT2D eigenvalue weighted by molar-refractivity contribution is 6.76. The number of rotatable bonds is 17. The zero-order valence-corrected chi connectivity index (χ0v) is 37.9. The van der Waals surface area contributed by atoms with Gasteiger partial charge in [0.2, 0.25) is 0 Å². The number of fused-ring (bicyclic) bond motifs is 4. The topological polar surface area (TPSA) is 127 Å². The molecule has 0 saturated carbocycles. The fraction of sp³-hybridized carbons (Fsp3) is 0.535. The molecule has 0 unspecified atom stereocenters. The fourth-order valence-corrected chi connectivity index (χ4v) is 8.97. The first-order valence-electron chi connectivity index (χ1n) is 20.3. The predicted octanol–water partition coefficient (Wildman–Crippen LogP) is 7.41. The van der Waals surface area contributed by atoms with Crippen molar-refractivity contribution >= 4 is 51.2 Å². The number of methoxy groups -OCH3 is 1. The molecule has 6 rings (SSSR count). The van der Waals surface area contributed by atoms with Crippen LogP contribution in [0.3, 0.4) is 0 Å². The maximum atomic E-state index is 14.0. The van der Waals surface area contributed by atoms with Crippen molar-refractivity contribution in [2.75, 3.05) is 56.8 Å². The van der Waals surface area contributed by atoms with E-state index in [1.165, 1.54) is 12.0 Å². The lowest BCUT2D eigenvalue weighted by Crippen LogP contribution is -2.45. The molecule has 0 N–H and O–H groups in total. The largest absolute Gasteiger partial charge is 0.493 e. The molecule has 0 aliphatic carbocycles. The summed E-state index contributed by atoms with van der Waals surface area (Å²) in [6.07, 6.45) is 4.94. The van der Waals surface area contributed by atoms with Crippen LogP contribution in [0, 0.1) is 6.92 Å². The van der Waals surface area contributed by atoms with Crippen molar-refractivity contribution < 1.29 is 42.9 Å². The highest BCUT2D eigenvalue weighted by atomic mass is 28.3. The summed E-state index contributed by atoms with van der Waals surface area (Å²) in [6, 6.07) is 7.54. The Morgan fingerprint density at radius 3 is 1.52 bits per heavy atom. The minimum absolute atomic E-state index is 0.0148. The van der Waals surface area contributed by atoms with Gasteiger partial charge in [-0.2, -0.15) is 0 Å². The monoisotopic (exact) mass is 832 g/mol. The second-order valence-corrected chi connectivity index (χ2v) is 29.5. The second-order valence-electron chi connectivity index (χ2n) is 18.2. The zero-order valence-electron chi connectivity index (χ0n) is 35.9. The third kappa shape index (κ3) is 9.53. The van der Waals surface area contributed by atoms with Gasteiger partial charge in [-0.3, -0.25) is 29.0 Å². The summed E-state index contributed by atoms with van der Waals surface area (Å²) in [5, 5.41) is 0. The number of ether oxygens (including phenoxy) is 5. The summed E-state index contributed by atoms with van der Waals surface area (Å²) in [6.45, 7) is 21.0. The van der Waals surface area contributed by atoms with Gasteiger partial charge in [-0.1, -0.05) is 50.4 Å². The number of anilines is 2. The van der Waals surface area contributed by atoms with E-state index in [0.717, 1.165) is 28.8 Å². The van der Waals surface area contributed by atoms with Gasteiger partial charge in [0.05, 0.1) is 42.8 Å². The number of carbonyl (C=O) groups is 4. The number of hydrogen-bond acceptors (Lipinski definition) is 9. The molecule has 2 atom stereocenters. The number of nitrogens with zero attached hydrogens (tertiary/aromatic N) is 4. The SMILES string of the molecule is COc1cc2c(cc1OCCCOc1cc3c(cc1C)C(=O)N1C=C(C)C[C@H]1C(=O)N3COCC[Si](C)(C)C)N(COCC[Si](C)(C)C)C(=O)[C@@H]1CC(C)=CN1C2=O. The Bertz CT molecular complexity index is 2000. The van der Waals surface area contributed by atoms with Gasteiger partial charge in [0.15, 0.2) is 11.5 Å². The van der Waals surface area contributed by atoms with Crippen LogP contribution in [-0.2, 0) is 19.1 Å². The Kier molecular flexibility index (Phi) is 13.0. The van der Waals surface area contributed by atoms with E-state index >= 15 is 0 Å². The van der Waals surface area contributed by atoms with Gasteiger partial charge >= 0.3 is 0 Å². The smallest absolute Gasteiger partial charge is 0.260 e. The van der Waals surface area contributed by atoms with E-state index in [-0.39, 0.29) is 50.3 Å². The molecule has 314 valence electrons. The summed E-state index contributed by atoms with van der Waals surface area (Å²) in [4.78, 5) is 62.0. The van der Waals surface area contributed by atoms with E-state index in [1.54, 1.807) is 51.4 Å². The third-order valence-electron chi connectivity index (χ3n) is 10.8. The highest BCUT2D eigenvalue weighted by Gasteiger charge is 2.44. The summed E-state index contributed by atoms with van der Waals surface area (Å²) < 4.78 is 30.4. The predicted molar refractivity (Wildman–Crippen MR) is 229 cm³/mol. The van der Waals surface area contributed by atoms with Crippen LogP contribution < -0.4 is 24.0 Å². The van der Waals surface area contributed by atoms with Crippen LogP contribution in [-0.4, -0.2) is 109 Å². The molecular weight excluding hydrogens is 773 g/mol. The first kappa shape index (κ1) is 43.1. The molecule has 0 radical (unpaired) electrons. The number of benzene rings is 2. The molecule has 4 aliphatic rings. The molecule has 0 fully saturated rings. The maximum Gasteiger partial charge on any atom is 0.260 e. The Hall–Kier alpha value is -4.45. The molecule has 13 nitrogen and oxygen atoms in total. The van der Waals surface area contributed by atoms with Crippen LogP contribution in [0.4, 0.5) is 11.4 Å². The molecule has 0 spiro atoms. The first-order chi connectivity index (χ1) is 27.4. The van der Waals surface area contributed by atoms with Crippen LogP contribution in [0.1, 0.15) is 59.4 Å². The number of aryl methyl sites for hydroxylation is 1. The van der Waals surface area contributed by atoms with Crippen molar-refractivity contribution in [1.82, 2.24) is 9.80 Å². The molecule has 0 bridgehead atoms. The minimum Gasteiger partial charge on any atom is -0.493 e. The highest BCUT2D eigenvalue weighted by Crippen LogP contribution is 2.41. The normalized spacial score (nSPS) is 19.3. The van der Waals surface area contributed by atoms with Crippen molar-refractivity contribution in [2.24, 2.45) is 0 Å². The van der Waals surface area contributed by atoms with Crippen LogP contribution in [0.5, 0.6) is 17.2 Å². The van der Waals surface area contributed by atoms with E-state index < -0.39 is 28.2 Å². The number of amides is 4. The molecule has 4 aliphatic heterocycles. The molecule has 4 amide bonds. The van der Waals surface area contributed by atoms with Crippen molar-refractivity contribution in [1.29, 1.82) is 0 Å². The third-order valence-corrected chi connectivity index (χ3v) is 14.3. The molecule has 15 heteroatoms. The zero-order chi connectivity index (χ0) is 42.1. The Morgan fingerprint density at radius 2 is 1.05 bits per heavy atom. The van der Waals surface area contributed by atoms with Crippen molar-refractivity contribution in [3.05, 3.63) is 64.5 Å². The lowest BCUT2D eigenvalue weighted by Gasteiger charge is -2.27. The second kappa shape index (κ2) is 17.4. The van der Waals surface area contributed by atoms with Crippen LogP contribution in [0.15, 0.2) is 47.8 Å². The van der Waals surface area contributed by atoms with Gasteiger partial charge in [-0.25, -0.2) is 0 Å². The van der Waals surface area contributed by atoms with Crippen LogP contribution in [0.2, 0.25) is 51.4 Å². The average Bonchev–Trinajstić information content (AvgIpc) is 3.72. The van der Waals surface area contributed by atoms with Gasteiger partial charge in [0, 0.05) is 60.3 Å². The quantitative estimate of drug-likeness (QED) is 0.118. The van der Waals surface area contributed by atoms with E-state index in [1.807, 2.05) is 20.8 Å². The van der Waals surface area contributed by atoms with E-state index in [4.69, 9.17) is 23.7 Å². The minimum atomic E-state index is -1.37. The molecule has 0 aromatic heterocycles. The standard InChI is InChI=1S/C43H60N4O9Si2/c1-28-18-35-42(50)46(26-53-14-16-57(5,6)7)33-22-37(30(3)20-31(33)40(48)44(35)24-28)55-12-11-13-56-39-23-34-32(21-38(39)52-4)41(49)45-25-29(2)19-36(45)43(51)47(34)27-54-15-17-58(8,9)10/h20-25,35-36H,11-19,26-27H2,1-10H3/t35-,36-/m0/s1. The summed E-state index contributed by atoms with van der Waals surface area (Å²) >= 11 is 0. The fourth-order valence-electron chi connectivity index (χ4n) is 7.46. The molecule has 2 aromatic rings. The first-order valence-corrected chi connectivity index (χ1v) is 27.7. The molecule has 2 aromatic carbocycles. The van der Waals surface area contributed by atoms with Crippen LogP contribution >= 0.6 is 0 Å². The van der Waals surface area contributed by atoms with Gasteiger partial charge in [-0.05, 0) is 63.4 Å². The van der Waals surface area contributed by atoms with Crippen molar-refractivity contribution in [2.45, 2.75) is 103 Å². The molecule has 4 heterocycles. The Balaban J connectivity index is 1.17. The molecule has 58 heavy (non-hydrogen) atoms. The lowest BCUT2D eigenvalue weighted by molar-refractivity contribution is -0.123. The van der Waals surface area contributed by atoms with Gasteiger partial charge in [-0.15, -0.1) is 0 Å². The lowest BCUT2D eigenvalue weighted by atomic mass is 10.1. The summed E-state index contributed by atoms with van der Waals surface area (Å²) in [5.41, 5.74) is 4.35. The Morgan fingerprint density at radius 1 is 0.603 bits per heavy atom. The van der Waals surface area contributed by atoms with E-state index in [2.05, 4.69) is 39.3 Å². The van der Waals surface area contributed by atoms with Crippen molar-refractivity contribution in [3.63, 3.8) is 0 Å². The molecule has 0 saturated heterocycles. The average molecular weight is 833 g/mol. The van der Waals surface area contributed by atoms with Crippen LogP contribution in [0.25, 0.3) is 0 Å². The summed E-state index contributed by atoms with van der Waals surface area (Å²) in [5.74, 6) is 0.409. The van der Waals surface area contributed by atoms with E-state index in [0.29, 0.717) is 72.2 Å². The number of hydrogen-bond donors (Lipinski definition) is 0. The van der Waals surface area contributed by atoms with Gasteiger partial charge < -0.3 is 33.5 Å². The van der Waals surface area contributed by atoms with Gasteiger partial charge in [0.1, 0.15) is 31.3 Å². The van der Waals surface area contributed by atoms with Gasteiger partial charge in [0.25, 0.3) is 23.6 Å². The Labute approximate surface area is 344 Å². The molecular formula is C43H60N4O9Si2. The number of carbonyl (C=O) groups excluding carboxylic acids is 4. The van der Waals surface area contributed by atoms with Crippen molar-refractivity contribution in [3.8, 4) is 17.2 Å². The maximum absolute atomic E-state index is 14.0. The summed E-state index contributed by atoms with van der Waals surface area (Å²) in [7, 11) is -1.21.